The Hall–Kier alpha value is -1.11. The number of hydrogen-bond donors (Lipinski definition) is 1. The van der Waals surface area contributed by atoms with Crippen molar-refractivity contribution < 1.29 is 9.47 Å². The van der Waals surface area contributed by atoms with Crippen molar-refractivity contribution in [2.24, 2.45) is 7.05 Å². The lowest BCUT2D eigenvalue weighted by Crippen LogP contribution is -2.33. The van der Waals surface area contributed by atoms with Gasteiger partial charge in [-0.05, 0) is 19.9 Å². The Bertz CT molecular complexity index is 399. The number of nitrogens with one attached hydrogen (secondary N) is 1. The zero-order chi connectivity index (χ0) is 15.7. The predicted octanol–water partition coefficient (Wildman–Crippen LogP) is 1.33. The van der Waals surface area contributed by atoms with Crippen LogP contribution in [0.3, 0.4) is 0 Å². The summed E-state index contributed by atoms with van der Waals surface area (Å²) in [5.74, 6) is 1.16. The highest BCUT2D eigenvalue weighted by Gasteiger charge is 2.18. The van der Waals surface area contributed by atoms with Crippen LogP contribution in [0.2, 0.25) is 0 Å². The molecule has 0 unspecified atom stereocenters. The van der Waals surface area contributed by atoms with Crippen LogP contribution < -0.4 is 10.2 Å². The van der Waals surface area contributed by atoms with Gasteiger partial charge in [0.25, 0.3) is 0 Å². The summed E-state index contributed by atoms with van der Waals surface area (Å²) < 4.78 is 12.4. The molecule has 0 radical (unpaired) electrons. The van der Waals surface area contributed by atoms with Gasteiger partial charge in [0.15, 0.2) is 0 Å². The summed E-state index contributed by atoms with van der Waals surface area (Å²) in [6.07, 6.45) is 1.13. The summed E-state index contributed by atoms with van der Waals surface area (Å²) in [6.45, 7) is 9.15. The zero-order valence-corrected chi connectivity index (χ0v) is 14.1. The summed E-state index contributed by atoms with van der Waals surface area (Å²) >= 11 is 0. The highest BCUT2D eigenvalue weighted by Crippen LogP contribution is 2.23. The lowest BCUT2D eigenvalue weighted by atomic mass is 10.2. The smallest absolute Gasteiger partial charge is 0.131 e. The van der Waals surface area contributed by atoms with Crippen LogP contribution in [0.4, 0.5) is 5.82 Å². The molecule has 1 N–H and O–H groups in total. The van der Waals surface area contributed by atoms with Gasteiger partial charge < -0.3 is 19.7 Å². The standard InChI is InChI=1S/C15H30N4O2/c1-6-7-16-12-14-13(2)17-18(3)15(14)19(8-10-20-4)9-11-21-5/h16H,6-12H2,1-5H3. The van der Waals surface area contributed by atoms with Crippen LogP contribution in [0.5, 0.6) is 0 Å². The second-order valence-electron chi connectivity index (χ2n) is 5.16. The maximum absolute atomic E-state index is 5.23. The maximum Gasteiger partial charge on any atom is 0.131 e. The highest BCUT2D eigenvalue weighted by molar-refractivity contribution is 5.50. The molecule has 1 aromatic rings. The minimum atomic E-state index is 0.690. The van der Waals surface area contributed by atoms with E-state index >= 15 is 0 Å². The molecule has 0 amide bonds. The van der Waals surface area contributed by atoms with Crippen LogP contribution >= 0.6 is 0 Å². The number of anilines is 1. The van der Waals surface area contributed by atoms with E-state index in [2.05, 4.69) is 29.2 Å². The third-order valence-corrected chi connectivity index (χ3v) is 3.47. The zero-order valence-electron chi connectivity index (χ0n) is 14.1. The number of aromatic nitrogens is 2. The molecule has 0 spiro atoms. The van der Waals surface area contributed by atoms with Crippen LogP contribution in [0.15, 0.2) is 0 Å². The van der Waals surface area contributed by atoms with Gasteiger partial charge in [0, 0.05) is 46.5 Å². The summed E-state index contributed by atoms with van der Waals surface area (Å²) in [4.78, 5) is 2.29. The molecule has 21 heavy (non-hydrogen) atoms. The monoisotopic (exact) mass is 298 g/mol. The lowest BCUT2D eigenvalue weighted by Gasteiger charge is -2.25. The molecule has 0 aliphatic heterocycles. The van der Waals surface area contributed by atoms with E-state index in [1.54, 1.807) is 14.2 Å². The van der Waals surface area contributed by atoms with E-state index in [-0.39, 0.29) is 0 Å². The van der Waals surface area contributed by atoms with E-state index in [0.717, 1.165) is 44.1 Å². The molecule has 6 nitrogen and oxygen atoms in total. The van der Waals surface area contributed by atoms with Gasteiger partial charge in [0.05, 0.1) is 18.9 Å². The third-order valence-electron chi connectivity index (χ3n) is 3.47. The number of aryl methyl sites for hydroxylation is 2. The predicted molar refractivity (Wildman–Crippen MR) is 85.9 cm³/mol. The number of nitrogens with zero attached hydrogens (tertiary/aromatic N) is 3. The fourth-order valence-corrected chi connectivity index (χ4v) is 2.41. The number of ether oxygens (including phenoxy) is 2. The first-order chi connectivity index (χ1) is 10.2. The number of rotatable bonds is 11. The minimum absolute atomic E-state index is 0.690. The van der Waals surface area contributed by atoms with Crippen molar-refractivity contribution in [3.8, 4) is 0 Å². The van der Waals surface area contributed by atoms with Gasteiger partial charge >= 0.3 is 0 Å². The van der Waals surface area contributed by atoms with Crippen LogP contribution in [-0.4, -0.2) is 56.8 Å². The molecule has 0 atom stereocenters. The summed E-state index contributed by atoms with van der Waals surface area (Å²) in [6, 6.07) is 0. The summed E-state index contributed by atoms with van der Waals surface area (Å²) in [5.41, 5.74) is 2.34. The Morgan fingerprint density at radius 2 is 1.81 bits per heavy atom. The summed E-state index contributed by atoms with van der Waals surface area (Å²) in [7, 11) is 5.46. The fourth-order valence-electron chi connectivity index (χ4n) is 2.41. The fraction of sp³-hybridized carbons (Fsp3) is 0.800. The molecule has 0 saturated carbocycles. The first kappa shape index (κ1) is 17.9. The van der Waals surface area contributed by atoms with Crippen LogP contribution in [-0.2, 0) is 23.1 Å². The van der Waals surface area contributed by atoms with Crippen molar-refractivity contribution in [2.45, 2.75) is 26.8 Å². The minimum Gasteiger partial charge on any atom is -0.383 e. The van der Waals surface area contributed by atoms with Gasteiger partial charge in [0.2, 0.25) is 0 Å². The second-order valence-corrected chi connectivity index (χ2v) is 5.16. The molecule has 0 fully saturated rings. The van der Waals surface area contributed by atoms with E-state index in [9.17, 15) is 0 Å². The van der Waals surface area contributed by atoms with Gasteiger partial charge in [-0.2, -0.15) is 5.10 Å². The maximum atomic E-state index is 5.23. The van der Waals surface area contributed by atoms with Crippen molar-refractivity contribution in [3.63, 3.8) is 0 Å². The molecule has 0 aliphatic rings. The number of hydrogen-bond acceptors (Lipinski definition) is 5. The topological polar surface area (TPSA) is 51.6 Å². The van der Waals surface area contributed by atoms with E-state index in [0.29, 0.717) is 13.2 Å². The second kappa shape index (κ2) is 9.76. The molecule has 1 heterocycles. The van der Waals surface area contributed by atoms with Crippen molar-refractivity contribution in [3.05, 3.63) is 11.3 Å². The van der Waals surface area contributed by atoms with Crippen LogP contribution in [0.1, 0.15) is 24.6 Å². The number of methoxy groups -OCH3 is 2. The molecule has 1 aromatic heterocycles. The lowest BCUT2D eigenvalue weighted by molar-refractivity contribution is 0.189. The first-order valence-electron chi connectivity index (χ1n) is 7.61. The Labute approximate surface area is 128 Å². The first-order valence-corrected chi connectivity index (χ1v) is 7.61. The molecular weight excluding hydrogens is 268 g/mol. The summed E-state index contributed by atoms with van der Waals surface area (Å²) in [5, 5.41) is 8.05. The molecular formula is C15H30N4O2. The average Bonchev–Trinajstić information content (AvgIpc) is 2.74. The molecule has 122 valence electrons. The van der Waals surface area contributed by atoms with E-state index in [1.807, 2.05) is 11.7 Å². The largest absolute Gasteiger partial charge is 0.383 e. The quantitative estimate of drug-likeness (QED) is 0.625. The van der Waals surface area contributed by atoms with E-state index in [1.165, 1.54) is 5.56 Å². The highest BCUT2D eigenvalue weighted by atomic mass is 16.5. The van der Waals surface area contributed by atoms with Gasteiger partial charge in [-0.3, -0.25) is 4.68 Å². The van der Waals surface area contributed by atoms with Gasteiger partial charge in [-0.15, -0.1) is 0 Å². The SMILES string of the molecule is CCCNCc1c(C)nn(C)c1N(CCOC)CCOC. The molecule has 6 heteroatoms. The van der Waals surface area contributed by atoms with Gasteiger partial charge in [0.1, 0.15) is 5.82 Å². The molecule has 0 aliphatic carbocycles. The Balaban J connectivity index is 2.92. The van der Waals surface area contributed by atoms with Crippen molar-refractivity contribution in [2.75, 3.05) is 52.0 Å². The molecule has 0 aromatic carbocycles. The molecule has 0 bridgehead atoms. The Kier molecular flexibility index (Phi) is 8.34. The van der Waals surface area contributed by atoms with Crippen molar-refractivity contribution >= 4 is 5.82 Å². The molecule has 0 saturated heterocycles. The molecule has 1 rings (SSSR count). The van der Waals surface area contributed by atoms with Crippen LogP contribution in [0, 0.1) is 6.92 Å². The third kappa shape index (κ3) is 5.30. The Morgan fingerprint density at radius 3 is 2.33 bits per heavy atom. The van der Waals surface area contributed by atoms with E-state index < -0.39 is 0 Å². The van der Waals surface area contributed by atoms with Crippen molar-refractivity contribution in [1.82, 2.24) is 15.1 Å². The van der Waals surface area contributed by atoms with Crippen molar-refractivity contribution in [1.29, 1.82) is 0 Å². The average molecular weight is 298 g/mol. The van der Waals surface area contributed by atoms with E-state index in [4.69, 9.17) is 9.47 Å². The Morgan fingerprint density at radius 1 is 1.19 bits per heavy atom. The van der Waals surface area contributed by atoms with Crippen LogP contribution in [0.25, 0.3) is 0 Å². The normalized spacial score (nSPS) is 11.1. The van der Waals surface area contributed by atoms with Gasteiger partial charge in [-0.25, -0.2) is 0 Å². The van der Waals surface area contributed by atoms with Gasteiger partial charge in [-0.1, -0.05) is 6.92 Å².